The quantitative estimate of drug-likeness (QED) is 0.856. The topological polar surface area (TPSA) is 58.8 Å². The van der Waals surface area contributed by atoms with Gasteiger partial charge in [0.05, 0.1) is 6.61 Å². The van der Waals surface area contributed by atoms with Crippen LogP contribution in [0.2, 0.25) is 0 Å². The van der Waals surface area contributed by atoms with Gasteiger partial charge in [0.2, 0.25) is 0 Å². The summed E-state index contributed by atoms with van der Waals surface area (Å²) in [6.07, 6.45) is -0.280. The summed E-state index contributed by atoms with van der Waals surface area (Å²) in [5.74, 6) is -0.280. The van der Waals surface area contributed by atoms with E-state index in [1.165, 1.54) is 6.07 Å². The average Bonchev–Trinajstić information content (AvgIpc) is 2.44. The smallest absolute Gasteiger partial charge is 0.409 e. The van der Waals surface area contributed by atoms with E-state index in [0.717, 1.165) is 0 Å². The molecule has 1 heterocycles. The third-order valence-electron chi connectivity index (χ3n) is 3.44. The van der Waals surface area contributed by atoms with Crippen LogP contribution in [0.15, 0.2) is 18.2 Å². The third-order valence-corrected chi connectivity index (χ3v) is 3.44. The van der Waals surface area contributed by atoms with Crippen LogP contribution in [0.4, 0.5) is 14.9 Å². The Morgan fingerprint density at radius 3 is 2.65 bits per heavy atom. The van der Waals surface area contributed by atoms with E-state index in [4.69, 9.17) is 10.5 Å². The molecule has 0 aromatic heterocycles. The summed E-state index contributed by atoms with van der Waals surface area (Å²) in [5.41, 5.74) is 6.80. The first-order chi connectivity index (χ1) is 9.61. The van der Waals surface area contributed by atoms with Crippen molar-refractivity contribution in [3.8, 4) is 0 Å². The Hall–Kier alpha value is -1.82. The predicted molar refractivity (Wildman–Crippen MR) is 74.7 cm³/mol. The highest BCUT2D eigenvalue weighted by atomic mass is 19.1. The summed E-state index contributed by atoms with van der Waals surface area (Å²) in [6, 6.07) is 4.72. The van der Waals surface area contributed by atoms with Crippen molar-refractivity contribution in [2.75, 3.05) is 38.5 Å². The van der Waals surface area contributed by atoms with E-state index in [-0.39, 0.29) is 11.9 Å². The zero-order valence-corrected chi connectivity index (χ0v) is 11.6. The molecule has 0 radical (unpaired) electrons. The van der Waals surface area contributed by atoms with Gasteiger partial charge in [-0.2, -0.15) is 0 Å². The summed E-state index contributed by atoms with van der Waals surface area (Å²) in [7, 11) is 0. The van der Waals surface area contributed by atoms with E-state index >= 15 is 0 Å². The maximum Gasteiger partial charge on any atom is 0.409 e. The Morgan fingerprint density at radius 1 is 1.35 bits per heavy atom. The molecule has 0 spiro atoms. The number of amides is 1. The van der Waals surface area contributed by atoms with Gasteiger partial charge in [0, 0.05) is 44.0 Å². The number of hydrogen-bond acceptors (Lipinski definition) is 4. The van der Waals surface area contributed by atoms with Gasteiger partial charge in [-0.1, -0.05) is 6.07 Å². The van der Waals surface area contributed by atoms with Crippen molar-refractivity contribution < 1.29 is 13.9 Å². The molecule has 1 aromatic carbocycles. The monoisotopic (exact) mass is 281 g/mol. The van der Waals surface area contributed by atoms with Crippen LogP contribution in [-0.2, 0) is 11.3 Å². The van der Waals surface area contributed by atoms with Crippen LogP contribution in [-0.4, -0.2) is 48.7 Å². The number of nitrogens with two attached hydrogens (primary N) is 1. The standard InChI is InChI=1S/C14H20FN3O2/c1-2-20-14(19)18-8-6-17(7-9-18)10-11-12(15)4-3-5-13(11)16/h3-5H,2,6-10,16H2,1H3. The SMILES string of the molecule is CCOC(=O)N1CCN(Cc2c(N)cccc2F)CC1. The zero-order chi connectivity index (χ0) is 14.5. The van der Waals surface area contributed by atoms with E-state index in [1.807, 2.05) is 0 Å². The summed E-state index contributed by atoms with van der Waals surface area (Å²) < 4.78 is 18.7. The number of nitrogens with zero attached hydrogens (tertiary/aromatic N) is 2. The summed E-state index contributed by atoms with van der Waals surface area (Å²) in [4.78, 5) is 15.3. The molecule has 0 saturated carbocycles. The highest BCUT2D eigenvalue weighted by molar-refractivity contribution is 5.67. The minimum atomic E-state index is -0.280. The van der Waals surface area contributed by atoms with Crippen molar-refractivity contribution in [2.24, 2.45) is 0 Å². The molecule has 1 amide bonds. The van der Waals surface area contributed by atoms with E-state index in [9.17, 15) is 9.18 Å². The van der Waals surface area contributed by atoms with Crippen molar-refractivity contribution in [3.05, 3.63) is 29.6 Å². The van der Waals surface area contributed by atoms with Crippen LogP contribution in [0.25, 0.3) is 0 Å². The second-order valence-electron chi connectivity index (χ2n) is 4.77. The van der Waals surface area contributed by atoms with Gasteiger partial charge in [0.1, 0.15) is 5.82 Å². The molecular formula is C14H20FN3O2. The average molecular weight is 281 g/mol. The first-order valence-electron chi connectivity index (χ1n) is 6.78. The molecule has 1 aliphatic heterocycles. The number of ether oxygens (including phenoxy) is 1. The molecule has 1 fully saturated rings. The van der Waals surface area contributed by atoms with Crippen LogP contribution in [0, 0.1) is 5.82 Å². The molecule has 6 heteroatoms. The van der Waals surface area contributed by atoms with E-state index < -0.39 is 0 Å². The molecule has 0 bridgehead atoms. The highest BCUT2D eigenvalue weighted by Crippen LogP contribution is 2.18. The zero-order valence-electron chi connectivity index (χ0n) is 11.6. The first-order valence-corrected chi connectivity index (χ1v) is 6.78. The number of halogens is 1. The van der Waals surface area contributed by atoms with Crippen molar-refractivity contribution in [1.29, 1.82) is 0 Å². The first kappa shape index (κ1) is 14.6. The van der Waals surface area contributed by atoms with Crippen molar-refractivity contribution in [2.45, 2.75) is 13.5 Å². The lowest BCUT2D eigenvalue weighted by Crippen LogP contribution is -2.48. The number of benzene rings is 1. The lowest BCUT2D eigenvalue weighted by atomic mass is 10.1. The van der Waals surface area contributed by atoms with Crippen molar-refractivity contribution in [1.82, 2.24) is 9.80 Å². The summed E-state index contributed by atoms with van der Waals surface area (Å²) in [6.45, 7) is 5.19. The minimum Gasteiger partial charge on any atom is -0.450 e. The number of piperazine rings is 1. The van der Waals surface area contributed by atoms with E-state index in [2.05, 4.69) is 4.90 Å². The van der Waals surface area contributed by atoms with Crippen molar-refractivity contribution >= 4 is 11.8 Å². The molecule has 2 N–H and O–H groups in total. The van der Waals surface area contributed by atoms with Gasteiger partial charge in [-0.25, -0.2) is 9.18 Å². The van der Waals surface area contributed by atoms with Crippen LogP contribution >= 0.6 is 0 Å². The Bertz CT molecular complexity index is 453. The van der Waals surface area contributed by atoms with Gasteiger partial charge in [0.25, 0.3) is 0 Å². The lowest BCUT2D eigenvalue weighted by molar-refractivity contribution is 0.0776. The largest absolute Gasteiger partial charge is 0.450 e. The second-order valence-corrected chi connectivity index (χ2v) is 4.77. The molecule has 1 saturated heterocycles. The van der Waals surface area contributed by atoms with E-state index in [0.29, 0.717) is 50.6 Å². The van der Waals surface area contributed by atoms with Gasteiger partial charge in [-0.15, -0.1) is 0 Å². The van der Waals surface area contributed by atoms with Gasteiger partial charge < -0.3 is 15.4 Å². The number of nitrogen functional groups attached to an aromatic ring is 1. The van der Waals surface area contributed by atoms with Crippen LogP contribution in [0.1, 0.15) is 12.5 Å². The number of carbonyl (C=O) groups is 1. The van der Waals surface area contributed by atoms with Crippen molar-refractivity contribution in [3.63, 3.8) is 0 Å². The maximum atomic E-state index is 13.7. The minimum absolute atomic E-state index is 0.280. The Kier molecular flexibility index (Phi) is 4.79. The molecule has 20 heavy (non-hydrogen) atoms. The summed E-state index contributed by atoms with van der Waals surface area (Å²) in [5, 5.41) is 0. The Balaban J connectivity index is 1.90. The fourth-order valence-corrected chi connectivity index (χ4v) is 2.27. The van der Waals surface area contributed by atoms with Gasteiger partial charge in [-0.05, 0) is 19.1 Å². The lowest BCUT2D eigenvalue weighted by Gasteiger charge is -2.34. The number of carbonyl (C=O) groups excluding carboxylic acids is 1. The highest BCUT2D eigenvalue weighted by Gasteiger charge is 2.22. The molecule has 110 valence electrons. The Morgan fingerprint density at radius 2 is 2.05 bits per heavy atom. The van der Waals surface area contributed by atoms with Crippen LogP contribution in [0.3, 0.4) is 0 Å². The number of hydrogen-bond donors (Lipinski definition) is 1. The number of rotatable bonds is 3. The predicted octanol–water partition coefficient (Wildman–Crippen LogP) is 1.68. The molecule has 1 aliphatic rings. The molecule has 5 nitrogen and oxygen atoms in total. The molecule has 1 aromatic rings. The van der Waals surface area contributed by atoms with Gasteiger partial charge >= 0.3 is 6.09 Å². The van der Waals surface area contributed by atoms with Crippen LogP contribution in [0.5, 0.6) is 0 Å². The molecule has 0 unspecified atom stereocenters. The van der Waals surface area contributed by atoms with Gasteiger partial charge in [-0.3, -0.25) is 4.90 Å². The molecular weight excluding hydrogens is 261 g/mol. The maximum absolute atomic E-state index is 13.7. The van der Waals surface area contributed by atoms with Gasteiger partial charge in [0.15, 0.2) is 0 Å². The second kappa shape index (κ2) is 6.56. The number of anilines is 1. The third kappa shape index (κ3) is 3.39. The van der Waals surface area contributed by atoms with Crippen LogP contribution < -0.4 is 5.73 Å². The molecule has 2 rings (SSSR count). The normalized spacial score (nSPS) is 16.2. The molecule has 0 atom stereocenters. The summed E-state index contributed by atoms with van der Waals surface area (Å²) >= 11 is 0. The van der Waals surface area contributed by atoms with E-state index in [1.54, 1.807) is 24.0 Å². The Labute approximate surface area is 118 Å². The fourth-order valence-electron chi connectivity index (χ4n) is 2.27. The molecule has 0 aliphatic carbocycles. The fraction of sp³-hybridized carbons (Fsp3) is 0.500.